The van der Waals surface area contributed by atoms with Crippen molar-refractivity contribution in [2.24, 2.45) is 7.05 Å². The molecule has 0 atom stereocenters. The van der Waals surface area contributed by atoms with Crippen molar-refractivity contribution in [2.45, 2.75) is 46.2 Å². The minimum Gasteiger partial charge on any atom is -0.310 e. The molecule has 1 aromatic carbocycles. The number of hydrogen-bond acceptors (Lipinski definition) is 2. The maximum absolute atomic E-state index is 13.6. The van der Waals surface area contributed by atoms with E-state index in [2.05, 4.69) is 31.2 Å². The predicted molar refractivity (Wildman–Crippen MR) is 84.6 cm³/mol. The van der Waals surface area contributed by atoms with E-state index in [0.717, 1.165) is 35.2 Å². The molecule has 0 fully saturated rings. The number of nitrogens with zero attached hydrogens (tertiary/aromatic N) is 2. The number of aromatic nitrogens is 2. The summed E-state index contributed by atoms with van der Waals surface area (Å²) in [5, 5.41) is 7.90. The molecule has 0 saturated heterocycles. The second-order valence-corrected chi connectivity index (χ2v) is 5.75. The van der Waals surface area contributed by atoms with Crippen LogP contribution in [0.15, 0.2) is 24.4 Å². The highest BCUT2D eigenvalue weighted by molar-refractivity contribution is 5.69. The predicted octanol–water partition coefficient (Wildman–Crippen LogP) is 3.68. The van der Waals surface area contributed by atoms with Gasteiger partial charge in [-0.1, -0.05) is 33.3 Å². The molecule has 1 heterocycles. The molecule has 0 amide bonds. The maximum atomic E-state index is 13.6. The summed E-state index contributed by atoms with van der Waals surface area (Å²) in [6.07, 6.45) is 4.01. The van der Waals surface area contributed by atoms with Crippen LogP contribution in [-0.2, 0) is 20.0 Å². The molecule has 0 bridgehead atoms. The van der Waals surface area contributed by atoms with Gasteiger partial charge in [-0.15, -0.1) is 0 Å². The van der Waals surface area contributed by atoms with Crippen molar-refractivity contribution >= 4 is 0 Å². The summed E-state index contributed by atoms with van der Waals surface area (Å²) < 4.78 is 15.4. The quantitative estimate of drug-likeness (QED) is 0.879. The van der Waals surface area contributed by atoms with Crippen molar-refractivity contribution in [1.29, 1.82) is 0 Å². The van der Waals surface area contributed by atoms with Crippen LogP contribution in [-0.4, -0.2) is 15.8 Å². The Morgan fingerprint density at radius 3 is 2.71 bits per heavy atom. The minimum absolute atomic E-state index is 0.194. The Kier molecular flexibility index (Phi) is 5.12. The highest BCUT2D eigenvalue weighted by atomic mass is 19.1. The molecule has 21 heavy (non-hydrogen) atoms. The standard InChI is InChI=1S/C17H24FN3/c1-5-6-17-16(11-21(4)20-17)15-8-7-14(18)9-13(15)10-19-12(2)3/h7-9,11-12,19H,5-6,10H2,1-4H3. The van der Waals surface area contributed by atoms with Crippen LogP contribution in [0.2, 0.25) is 0 Å². The summed E-state index contributed by atoms with van der Waals surface area (Å²) in [5.74, 6) is -0.194. The fraction of sp³-hybridized carbons (Fsp3) is 0.471. The average molecular weight is 289 g/mol. The molecule has 1 aromatic heterocycles. The van der Waals surface area contributed by atoms with E-state index >= 15 is 0 Å². The monoisotopic (exact) mass is 289 g/mol. The molecule has 0 spiro atoms. The third-order valence-corrected chi connectivity index (χ3v) is 3.45. The van der Waals surface area contributed by atoms with Gasteiger partial charge in [0.1, 0.15) is 5.82 Å². The first-order chi connectivity index (χ1) is 10.0. The normalized spacial score (nSPS) is 11.3. The minimum atomic E-state index is -0.194. The van der Waals surface area contributed by atoms with Gasteiger partial charge in [0.25, 0.3) is 0 Å². The van der Waals surface area contributed by atoms with Crippen LogP contribution < -0.4 is 5.32 Å². The molecule has 1 N–H and O–H groups in total. The zero-order chi connectivity index (χ0) is 15.4. The molecule has 0 radical (unpaired) electrons. The average Bonchev–Trinajstić information content (AvgIpc) is 2.78. The van der Waals surface area contributed by atoms with Gasteiger partial charge in [0.05, 0.1) is 5.69 Å². The van der Waals surface area contributed by atoms with Gasteiger partial charge in [0.15, 0.2) is 0 Å². The maximum Gasteiger partial charge on any atom is 0.123 e. The van der Waals surface area contributed by atoms with Gasteiger partial charge in [-0.25, -0.2) is 4.39 Å². The Morgan fingerprint density at radius 2 is 2.05 bits per heavy atom. The molecular weight excluding hydrogens is 265 g/mol. The topological polar surface area (TPSA) is 29.9 Å². The number of hydrogen-bond donors (Lipinski definition) is 1. The molecule has 114 valence electrons. The van der Waals surface area contributed by atoms with E-state index in [9.17, 15) is 4.39 Å². The van der Waals surface area contributed by atoms with Crippen molar-refractivity contribution in [3.8, 4) is 11.1 Å². The molecule has 0 aliphatic rings. The Bertz CT molecular complexity index is 602. The van der Waals surface area contributed by atoms with E-state index in [4.69, 9.17) is 0 Å². The Morgan fingerprint density at radius 1 is 1.29 bits per heavy atom. The fourth-order valence-corrected chi connectivity index (χ4v) is 2.47. The van der Waals surface area contributed by atoms with Gasteiger partial charge in [0, 0.05) is 31.4 Å². The van der Waals surface area contributed by atoms with Crippen molar-refractivity contribution in [1.82, 2.24) is 15.1 Å². The lowest BCUT2D eigenvalue weighted by molar-refractivity contribution is 0.582. The summed E-state index contributed by atoms with van der Waals surface area (Å²) in [7, 11) is 1.93. The van der Waals surface area contributed by atoms with E-state index in [1.54, 1.807) is 6.07 Å². The first-order valence-electron chi connectivity index (χ1n) is 7.56. The third kappa shape index (κ3) is 3.91. The van der Waals surface area contributed by atoms with Crippen LogP contribution in [0.4, 0.5) is 4.39 Å². The van der Waals surface area contributed by atoms with Gasteiger partial charge in [-0.05, 0) is 29.7 Å². The SMILES string of the molecule is CCCc1nn(C)cc1-c1ccc(F)cc1CNC(C)C. The summed E-state index contributed by atoms with van der Waals surface area (Å²) >= 11 is 0. The van der Waals surface area contributed by atoms with E-state index in [0.29, 0.717) is 12.6 Å². The zero-order valence-electron chi connectivity index (χ0n) is 13.3. The number of aryl methyl sites for hydroxylation is 2. The Balaban J connectivity index is 2.42. The van der Waals surface area contributed by atoms with Crippen LogP contribution in [0.1, 0.15) is 38.4 Å². The first-order valence-corrected chi connectivity index (χ1v) is 7.56. The molecule has 2 aromatic rings. The van der Waals surface area contributed by atoms with Gasteiger partial charge >= 0.3 is 0 Å². The van der Waals surface area contributed by atoms with Gasteiger partial charge < -0.3 is 5.32 Å². The van der Waals surface area contributed by atoms with Crippen molar-refractivity contribution in [2.75, 3.05) is 0 Å². The van der Waals surface area contributed by atoms with Crippen LogP contribution in [0.3, 0.4) is 0 Å². The van der Waals surface area contributed by atoms with E-state index in [1.807, 2.05) is 24.0 Å². The van der Waals surface area contributed by atoms with Crippen molar-refractivity contribution in [3.63, 3.8) is 0 Å². The van der Waals surface area contributed by atoms with Crippen LogP contribution in [0.25, 0.3) is 11.1 Å². The van der Waals surface area contributed by atoms with Crippen LogP contribution in [0.5, 0.6) is 0 Å². The summed E-state index contributed by atoms with van der Waals surface area (Å²) in [6, 6.07) is 5.37. The van der Waals surface area contributed by atoms with E-state index in [1.165, 1.54) is 6.07 Å². The summed E-state index contributed by atoms with van der Waals surface area (Å²) in [6.45, 7) is 6.98. The Labute approximate surface area is 126 Å². The Hall–Kier alpha value is -1.68. The van der Waals surface area contributed by atoms with Crippen molar-refractivity contribution in [3.05, 3.63) is 41.5 Å². The molecular formula is C17H24FN3. The van der Waals surface area contributed by atoms with Crippen LogP contribution >= 0.6 is 0 Å². The molecule has 4 heteroatoms. The lowest BCUT2D eigenvalue weighted by atomic mass is 9.98. The summed E-state index contributed by atoms with van der Waals surface area (Å²) in [5.41, 5.74) is 4.24. The highest BCUT2D eigenvalue weighted by Crippen LogP contribution is 2.28. The number of nitrogens with one attached hydrogen (secondary N) is 1. The molecule has 2 rings (SSSR count). The van der Waals surface area contributed by atoms with E-state index in [-0.39, 0.29) is 5.82 Å². The van der Waals surface area contributed by atoms with Gasteiger partial charge in [-0.2, -0.15) is 5.10 Å². The summed E-state index contributed by atoms with van der Waals surface area (Å²) in [4.78, 5) is 0. The second-order valence-electron chi connectivity index (χ2n) is 5.75. The number of rotatable bonds is 6. The lowest BCUT2D eigenvalue weighted by Crippen LogP contribution is -2.22. The largest absolute Gasteiger partial charge is 0.310 e. The molecule has 0 unspecified atom stereocenters. The number of benzene rings is 1. The van der Waals surface area contributed by atoms with E-state index < -0.39 is 0 Å². The van der Waals surface area contributed by atoms with Gasteiger partial charge in [0.2, 0.25) is 0 Å². The smallest absolute Gasteiger partial charge is 0.123 e. The third-order valence-electron chi connectivity index (χ3n) is 3.45. The molecule has 0 aliphatic carbocycles. The fourth-order valence-electron chi connectivity index (χ4n) is 2.47. The van der Waals surface area contributed by atoms with Crippen molar-refractivity contribution < 1.29 is 4.39 Å². The highest BCUT2D eigenvalue weighted by Gasteiger charge is 2.14. The first kappa shape index (κ1) is 15.7. The molecule has 3 nitrogen and oxygen atoms in total. The number of halogens is 1. The van der Waals surface area contributed by atoms with Crippen LogP contribution in [0, 0.1) is 5.82 Å². The molecule has 0 saturated carbocycles. The lowest BCUT2D eigenvalue weighted by Gasteiger charge is -2.13. The zero-order valence-corrected chi connectivity index (χ0v) is 13.3. The second kappa shape index (κ2) is 6.85. The van der Waals surface area contributed by atoms with Gasteiger partial charge in [-0.3, -0.25) is 4.68 Å². The molecule has 0 aliphatic heterocycles.